The minimum Gasteiger partial charge on any atom is -0.454 e. The second kappa shape index (κ2) is 10.6. The van der Waals surface area contributed by atoms with Crippen LogP contribution in [0.3, 0.4) is 0 Å². The molecule has 0 saturated carbocycles. The number of sulfonamides is 1. The number of esters is 1. The third kappa shape index (κ3) is 6.17. The highest BCUT2D eigenvalue weighted by molar-refractivity contribution is 7.89. The first-order chi connectivity index (χ1) is 16.8. The van der Waals surface area contributed by atoms with Gasteiger partial charge in [-0.25, -0.2) is 17.9 Å². The Morgan fingerprint density at radius 3 is 2.49 bits per heavy atom. The number of carbonyl (C=O) groups is 2. The van der Waals surface area contributed by atoms with E-state index in [0.29, 0.717) is 11.5 Å². The zero-order valence-electron chi connectivity index (χ0n) is 18.9. The van der Waals surface area contributed by atoms with Gasteiger partial charge < -0.3 is 19.5 Å². The SMILES string of the molecule is CC(OC(=O)c1cccc(S(=O)(=O)NCc2ccccc2)c1)C(=O)NCc1ccc2c(c1)OCO2. The number of carbonyl (C=O) groups excluding carboxylic acids is 2. The van der Waals surface area contributed by atoms with E-state index >= 15 is 0 Å². The van der Waals surface area contributed by atoms with Crippen molar-refractivity contribution in [3.8, 4) is 11.5 Å². The van der Waals surface area contributed by atoms with Gasteiger partial charge in [0.15, 0.2) is 17.6 Å². The molecule has 0 bridgehead atoms. The highest BCUT2D eigenvalue weighted by Crippen LogP contribution is 2.32. The standard InChI is InChI=1S/C25H24N2O7S/c1-17(24(28)26-14-19-10-11-22-23(12-19)33-16-32-22)34-25(29)20-8-5-9-21(13-20)35(30,31)27-15-18-6-3-2-4-7-18/h2-13,17,27H,14-16H2,1H3,(H,26,28). The molecule has 3 aromatic rings. The second-order valence-corrected chi connectivity index (χ2v) is 9.56. The van der Waals surface area contributed by atoms with E-state index in [-0.39, 0.29) is 30.3 Å². The molecule has 0 fully saturated rings. The number of hydrogen-bond donors (Lipinski definition) is 2. The van der Waals surface area contributed by atoms with E-state index in [1.807, 2.05) is 18.2 Å². The predicted octanol–water partition coefficient (Wildman–Crippen LogP) is 2.76. The summed E-state index contributed by atoms with van der Waals surface area (Å²) in [6.07, 6.45) is -1.09. The Morgan fingerprint density at radius 2 is 1.69 bits per heavy atom. The van der Waals surface area contributed by atoms with Crippen LogP contribution in [0.2, 0.25) is 0 Å². The van der Waals surface area contributed by atoms with Crippen molar-refractivity contribution in [2.45, 2.75) is 31.0 Å². The summed E-state index contributed by atoms with van der Waals surface area (Å²) in [7, 11) is -3.86. The molecule has 182 valence electrons. The molecule has 9 nitrogen and oxygen atoms in total. The van der Waals surface area contributed by atoms with Crippen LogP contribution in [0.15, 0.2) is 77.7 Å². The molecular formula is C25H24N2O7S. The number of fused-ring (bicyclic) bond motifs is 1. The summed E-state index contributed by atoms with van der Waals surface area (Å²) in [4.78, 5) is 24.9. The van der Waals surface area contributed by atoms with Gasteiger partial charge >= 0.3 is 5.97 Å². The number of amides is 1. The Hall–Kier alpha value is -3.89. The summed E-state index contributed by atoms with van der Waals surface area (Å²) >= 11 is 0. The fourth-order valence-corrected chi connectivity index (χ4v) is 4.38. The van der Waals surface area contributed by atoms with E-state index in [2.05, 4.69) is 10.0 Å². The molecule has 1 unspecified atom stereocenters. The van der Waals surface area contributed by atoms with Crippen molar-refractivity contribution in [1.29, 1.82) is 0 Å². The molecule has 1 aliphatic rings. The molecule has 0 spiro atoms. The van der Waals surface area contributed by atoms with Crippen LogP contribution in [0.4, 0.5) is 0 Å². The Labute approximate surface area is 203 Å². The van der Waals surface area contributed by atoms with E-state index < -0.39 is 28.0 Å². The Balaban J connectivity index is 1.33. The van der Waals surface area contributed by atoms with Gasteiger partial charge in [0.05, 0.1) is 10.5 Å². The summed E-state index contributed by atoms with van der Waals surface area (Å²) in [5.74, 6) is -0.0636. The van der Waals surface area contributed by atoms with E-state index in [1.165, 1.54) is 31.2 Å². The Bertz CT molecular complexity index is 1330. The molecule has 4 rings (SSSR count). The fraction of sp³-hybridized carbons (Fsp3) is 0.200. The monoisotopic (exact) mass is 496 g/mol. The molecule has 3 aromatic carbocycles. The lowest BCUT2D eigenvalue weighted by molar-refractivity contribution is -0.129. The molecule has 1 amide bonds. The fourth-order valence-electron chi connectivity index (χ4n) is 3.31. The molecule has 0 aromatic heterocycles. The summed E-state index contributed by atoms with van der Waals surface area (Å²) in [6, 6.07) is 19.8. The first-order valence-corrected chi connectivity index (χ1v) is 12.3. The number of hydrogen-bond acceptors (Lipinski definition) is 7. The predicted molar refractivity (Wildman–Crippen MR) is 126 cm³/mol. The quantitative estimate of drug-likeness (QED) is 0.437. The number of rotatable bonds is 9. The van der Waals surface area contributed by atoms with E-state index in [0.717, 1.165) is 11.1 Å². The zero-order valence-corrected chi connectivity index (χ0v) is 19.7. The summed E-state index contributed by atoms with van der Waals surface area (Å²) in [5.41, 5.74) is 1.61. The van der Waals surface area contributed by atoms with Crippen molar-refractivity contribution in [2.75, 3.05) is 6.79 Å². The van der Waals surface area contributed by atoms with E-state index in [9.17, 15) is 18.0 Å². The van der Waals surface area contributed by atoms with Crippen molar-refractivity contribution in [1.82, 2.24) is 10.0 Å². The van der Waals surface area contributed by atoms with Crippen LogP contribution < -0.4 is 19.5 Å². The first-order valence-electron chi connectivity index (χ1n) is 10.8. The molecule has 2 N–H and O–H groups in total. The van der Waals surface area contributed by atoms with Gasteiger partial charge in [0.1, 0.15) is 0 Å². The third-order valence-corrected chi connectivity index (χ3v) is 6.64. The Kier molecular flexibility index (Phi) is 7.33. The van der Waals surface area contributed by atoms with Crippen molar-refractivity contribution >= 4 is 21.9 Å². The first kappa shape index (κ1) is 24.2. The second-order valence-electron chi connectivity index (χ2n) is 7.79. The maximum atomic E-state index is 12.7. The van der Waals surface area contributed by atoms with Crippen LogP contribution >= 0.6 is 0 Å². The highest BCUT2D eigenvalue weighted by Gasteiger charge is 2.21. The van der Waals surface area contributed by atoms with Crippen LogP contribution in [0.1, 0.15) is 28.4 Å². The van der Waals surface area contributed by atoms with Crippen LogP contribution in [0, 0.1) is 0 Å². The summed E-state index contributed by atoms with van der Waals surface area (Å²) < 4.78 is 43.6. The van der Waals surface area contributed by atoms with E-state index in [4.69, 9.17) is 14.2 Å². The molecule has 0 saturated heterocycles. The zero-order chi connectivity index (χ0) is 24.8. The minimum absolute atomic E-state index is 0.0167. The average molecular weight is 497 g/mol. The van der Waals surface area contributed by atoms with Crippen molar-refractivity contribution in [3.63, 3.8) is 0 Å². The maximum Gasteiger partial charge on any atom is 0.338 e. The van der Waals surface area contributed by atoms with Gasteiger partial charge in [-0.15, -0.1) is 0 Å². The maximum absolute atomic E-state index is 12.7. The number of benzene rings is 3. The number of ether oxygens (including phenoxy) is 3. The normalized spacial score (nSPS) is 13.2. The van der Waals surface area contributed by atoms with Gasteiger partial charge in [0.25, 0.3) is 5.91 Å². The molecule has 0 radical (unpaired) electrons. The van der Waals surface area contributed by atoms with Crippen molar-refractivity contribution in [2.24, 2.45) is 0 Å². The topological polar surface area (TPSA) is 120 Å². The number of nitrogens with one attached hydrogen (secondary N) is 2. The van der Waals surface area contributed by atoms with Crippen LogP contribution in [0.25, 0.3) is 0 Å². The van der Waals surface area contributed by atoms with Gasteiger partial charge in [-0.1, -0.05) is 42.5 Å². The van der Waals surface area contributed by atoms with Gasteiger partial charge in [0.2, 0.25) is 16.8 Å². The third-order valence-electron chi connectivity index (χ3n) is 5.25. The average Bonchev–Trinajstić information content (AvgIpc) is 3.35. The largest absolute Gasteiger partial charge is 0.454 e. The van der Waals surface area contributed by atoms with Crippen molar-refractivity contribution < 1.29 is 32.2 Å². The molecule has 1 atom stereocenters. The molecule has 35 heavy (non-hydrogen) atoms. The van der Waals surface area contributed by atoms with Gasteiger partial charge in [-0.05, 0) is 48.4 Å². The van der Waals surface area contributed by atoms with Crippen LogP contribution in [0.5, 0.6) is 11.5 Å². The lowest BCUT2D eigenvalue weighted by Crippen LogP contribution is -2.35. The molecule has 10 heteroatoms. The minimum atomic E-state index is -3.86. The smallest absolute Gasteiger partial charge is 0.338 e. The molecular weight excluding hydrogens is 472 g/mol. The van der Waals surface area contributed by atoms with Crippen molar-refractivity contribution in [3.05, 3.63) is 89.5 Å². The van der Waals surface area contributed by atoms with Gasteiger partial charge in [-0.2, -0.15) is 0 Å². The summed E-state index contributed by atoms with van der Waals surface area (Å²) in [6.45, 7) is 1.91. The van der Waals surface area contributed by atoms with Crippen LogP contribution in [-0.2, 0) is 32.6 Å². The Morgan fingerprint density at radius 1 is 0.914 bits per heavy atom. The molecule has 0 aliphatic carbocycles. The molecule has 1 aliphatic heterocycles. The molecule has 1 heterocycles. The lowest BCUT2D eigenvalue weighted by Gasteiger charge is -2.14. The van der Waals surface area contributed by atoms with Gasteiger partial charge in [0, 0.05) is 13.1 Å². The van der Waals surface area contributed by atoms with Crippen LogP contribution in [-0.4, -0.2) is 33.2 Å². The van der Waals surface area contributed by atoms with E-state index in [1.54, 1.807) is 30.3 Å². The van der Waals surface area contributed by atoms with Gasteiger partial charge in [-0.3, -0.25) is 4.79 Å². The summed E-state index contributed by atoms with van der Waals surface area (Å²) in [5, 5.41) is 2.70. The lowest BCUT2D eigenvalue weighted by atomic mass is 10.2. The highest BCUT2D eigenvalue weighted by atomic mass is 32.2.